The fourth-order valence-corrected chi connectivity index (χ4v) is 2.29. The maximum Gasteiger partial charge on any atom is 0.284 e. The number of hydrogen-bond acceptors (Lipinski definition) is 6. The third kappa shape index (κ3) is 2.94. The number of hydrogen-bond donors (Lipinski definition) is 3. The highest BCUT2D eigenvalue weighted by Crippen LogP contribution is 2.22. The number of para-hydroxylation sites is 1. The minimum Gasteiger partial charge on any atom is -0.379 e. The van der Waals surface area contributed by atoms with E-state index in [4.69, 9.17) is 10.6 Å². The number of rotatable bonds is 3. The molecule has 4 N–H and O–H groups in total. The largest absolute Gasteiger partial charge is 0.379 e. The molecule has 1 saturated heterocycles. The zero-order chi connectivity index (χ0) is 14.7. The van der Waals surface area contributed by atoms with Crippen molar-refractivity contribution in [1.29, 1.82) is 0 Å². The van der Waals surface area contributed by atoms with Gasteiger partial charge in [-0.3, -0.25) is 16.1 Å². The fourth-order valence-electron chi connectivity index (χ4n) is 2.29. The van der Waals surface area contributed by atoms with Crippen molar-refractivity contribution in [1.82, 2.24) is 15.4 Å². The molecule has 2 aromatic rings. The second-order valence-electron chi connectivity index (χ2n) is 4.76. The molecule has 7 heteroatoms. The number of anilines is 1. The quantitative estimate of drug-likeness (QED) is 0.562. The number of fused-ring (bicyclic) bond motifs is 1. The molecule has 110 valence electrons. The first kappa shape index (κ1) is 13.7. The first-order valence-corrected chi connectivity index (χ1v) is 6.78. The first-order valence-electron chi connectivity index (χ1n) is 6.78. The number of nitrogens with zero attached hydrogens (tertiary/aromatic N) is 2. The van der Waals surface area contributed by atoms with E-state index >= 15 is 0 Å². The number of ether oxygens (including phenoxy) is 1. The molecule has 0 bridgehead atoms. The van der Waals surface area contributed by atoms with Crippen LogP contribution in [0.15, 0.2) is 30.3 Å². The van der Waals surface area contributed by atoms with Gasteiger partial charge in [0.1, 0.15) is 5.69 Å². The lowest BCUT2D eigenvalue weighted by atomic mass is 10.1. The van der Waals surface area contributed by atoms with Gasteiger partial charge in [-0.2, -0.15) is 0 Å². The maximum absolute atomic E-state index is 12.3. The van der Waals surface area contributed by atoms with Crippen LogP contribution in [0, 0.1) is 0 Å². The van der Waals surface area contributed by atoms with Crippen LogP contribution >= 0.6 is 0 Å². The van der Waals surface area contributed by atoms with Gasteiger partial charge < -0.3 is 10.2 Å². The van der Waals surface area contributed by atoms with Crippen LogP contribution in [0.2, 0.25) is 0 Å². The van der Waals surface area contributed by atoms with E-state index in [0.29, 0.717) is 37.7 Å². The van der Waals surface area contributed by atoms with Crippen molar-refractivity contribution in [3.8, 4) is 0 Å². The lowest BCUT2D eigenvalue weighted by Gasteiger charge is -2.26. The van der Waals surface area contributed by atoms with E-state index in [1.54, 1.807) is 6.07 Å². The number of pyridine rings is 1. The Bertz CT molecular complexity index is 655. The SMILES string of the molecule is NNc1cc(C(=O)NN2CCOCC2)nc2ccccc12. The molecule has 1 aliphatic heterocycles. The van der Waals surface area contributed by atoms with E-state index in [-0.39, 0.29) is 5.91 Å². The summed E-state index contributed by atoms with van der Waals surface area (Å²) < 4.78 is 5.25. The molecule has 0 aliphatic carbocycles. The minimum atomic E-state index is -0.251. The standard InChI is InChI=1S/C14H17N5O2/c15-17-12-9-13(16-11-4-2-1-3-10(11)12)14(20)18-19-5-7-21-8-6-19/h1-4,9H,5-8,15H2,(H,16,17)(H,18,20). The van der Waals surface area contributed by atoms with Gasteiger partial charge in [-0.1, -0.05) is 18.2 Å². The van der Waals surface area contributed by atoms with Crippen molar-refractivity contribution >= 4 is 22.5 Å². The number of amides is 1. The predicted molar refractivity (Wildman–Crippen MR) is 79.4 cm³/mol. The van der Waals surface area contributed by atoms with Gasteiger partial charge in [-0.25, -0.2) is 9.99 Å². The monoisotopic (exact) mass is 287 g/mol. The van der Waals surface area contributed by atoms with E-state index in [1.807, 2.05) is 29.3 Å². The topological polar surface area (TPSA) is 92.5 Å². The number of nitrogens with two attached hydrogens (primary N) is 1. The molecule has 21 heavy (non-hydrogen) atoms. The molecule has 1 aliphatic rings. The molecule has 3 rings (SSSR count). The number of carbonyl (C=O) groups is 1. The van der Waals surface area contributed by atoms with Gasteiger partial charge in [0.2, 0.25) is 0 Å². The van der Waals surface area contributed by atoms with Crippen molar-refractivity contribution < 1.29 is 9.53 Å². The molecule has 0 atom stereocenters. The number of nitrogen functional groups attached to an aromatic ring is 1. The summed E-state index contributed by atoms with van der Waals surface area (Å²) in [5.41, 5.74) is 7.17. The molecule has 1 fully saturated rings. The van der Waals surface area contributed by atoms with Crippen LogP contribution in [0.4, 0.5) is 5.69 Å². The van der Waals surface area contributed by atoms with Gasteiger partial charge in [0.15, 0.2) is 0 Å². The Morgan fingerprint density at radius 1 is 1.29 bits per heavy atom. The molecular formula is C14H17N5O2. The average molecular weight is 287 g/mol. The molecular weight excluding hydrogens is 270 g/mol. The number of hydrazine groups is 2. The van der Waals surface area contributed by atoms with E-state index in [1.165, 1.54) is 0 Å². The summed E-state index contributed by atoms with van der Waals surface area (Å²) in [6, 6.07) is 9.18. The van der Waals surface area contributed by atoms with E-state index in [0.717, 1.165) is 10.9 Å². The first-order chi connectivity index (χ1) is 10.3. The van der Waals surface area contributed by atoms with E-state index in [2.05, 4.69) is 15.8 Å². The number of aromatic nitrogens is 1. The number of nitrogens with one attached hydrogen (secondary N) is 2. The van der Waals surface area contributed by atoms with Crippen LogP contribution in [0.25, 0.3) is 10.9 Å². The van der Waals surface area contributed by atoms with Crippen LogP contribution in [-0.2, 0) is 4.74 Å². The molecule has 2 heterocycles. The maximum atomic E-state index is 12.3. The second-order valence-corrected chi connectivity index (χ2v) is 4.76. The summed E-state index contributed by atoms with van der Waals surface area (Å²) in [6.45, 7) is 2.56. The smallest absolute Gasteiger partial charge is 0.284 e. The molecule has 0 radical (unpaired) electrons. The third-order valence-electron chi connectivity index (χ3n) is 3.38. The lowest BCUT2D eigenvalue weighted by Crippen LogP contribution is -2.48. The lowest BCUT2D eigenvalue weighted by molar-refractivity contribution is 0.0125. The van der Waals surface area contributed by atoms with Crippen molar-refractivity contribution in [2.45, 2.75) is 0 Å². The van der Waals surface area contributed by atoms with Crippen molar-refractivity contribution in [3.63, 3.8) is 0 Å². The summed E-state index contributed by atoms with van der Waals surface area (Å²) in [6.07, 6.45) is 0. The summed E-state index contributed by atoms with van der Waals surface area (Å²) in [7, 11) is 0. The van der Waals surface area contributed by atoms with E-state index < -0.39 is 0 Å². The van der Waals surface area contributed by atoms with Gasteiger partial charge in [-0.15, -0.1) is 0 Å². The van der Waals surface area contributed by atoms with Crippen molar-refractivity contribution in [3.05, 3.63) is 36.0 Å². The Morgan fingerprint density at radius 2 is 2.05 bits per heavy atom. The third-order valence-corrected chi connectivity index (χ3v) is 3.38. The van der Waals surface area contributed by atoms with Crippen LogP contribution in [0.3, 0.4) is 0 Å². The van der Waals surface area contributed by atoms with Gasteiger partial charge in [0.25, 0.3) is 5.91 Å². The van der Waals surface area contributed by atoms with Gasteiger partial charge in [0, 0.05) is 18.5 Å². The molecule has 0 spiro atoms. The number of carbonyl (C=O) groups excluding carboxylic acids is 1. The second kappa shape index (κ2) is 6.04. The van der Waals surface area contributed by atoms with Crippen LogP contribution in [0.5, 0.6) is 0 Å². The van der Waals surface area contributed by atoms with Crippen molar-refractivity contribution in [2.75, 3.05) is 31.7 Å². The molecule has 1 aromatic heterocycles. The van der Waals surface area contributed by atoms with E-state index in [9.17, 15) is 4.79 Å². The zero-order valence-corrected chi connectivity index (χ0v) is 11.5. The van der Waals surface area contributed by atoms with Crippen molar-refractivity contribution in [2.24, 2.45) is 5.84 Å². The molecule has 1 aromatic carbocycles. The van der Waals surface area contributed by atoms with Crippen LogP contribution < -0.4 is 16.7 Å². The number of morpholine rings is 1. The molecule has 0 saturated carbocycles. The summed E-state index contributed by atoms with van der Waals surface area (Å²) in [4.78, 5) is 16.7. The predicted octanol–water partition coefficient (Wildman–Crippen LogP) is 0.497. The summed E-state index contributed by atoms with van der Waals surface area (Å²) in [5.74, 6) is 5.28. The Morgan fingerprint density at radius 3 is 2.81 bits per heavy atom. The van der Waals surface area contributed by atoms with Crippen LogP contribution in [-0.4, -0.2) is 42.2 Å². The Kier molecular flexibility index (Phi) is 3.96. The normalized spacial score (nSPS) is 15.9. The fraction of sp³-hybridized carbons (Fsp3) is 0.286. The van der Waals surface area contributed by atoms with Gasteiger partial charge >= 0.3 is 0 Å². The highest BCUT2D eigenvalue weighted by Gasteiger charge is 2.16. The Labute approximate surface area is 122 Å². The zero-order valence-electron chi connectivity index (χ0n) is 11.5. The number of benzene rings is 1. The average Bonchev–Trinajstić information content (AvgIpc) is 2.54. The Balaban J connectivity index is 1.87. The highest BCUT2D eigenvalue weighted by molar-refractivity contribution is 5.99. The molecule has 1 amide bonds. The highest BCUT2D eigenvalue weighted by atomic mass is 16.5. The van der Waals surface area contributed by atoms with Crippen LogP contribution in [0.1, 0.15) is 10.5 Å². The Hall–Kier alpha value is -2.22. The molecule has 0 unspecified atom stereocenters. The van der Waals surface area contributed by atoms with Gasteiger partial charge in [-0.05, 0) is 12.1 Å². The summed E-state index contributed by atoms with van der Waals surface area (Å²) >= 11 is 0. The summed E-state index contributed by atoms with van der Waals surface area (Å²) in [5, 5.41) is 2.71. The minimum absolute atomic E-state index is 0.251. The van der Waals surface area contributed by atoms with Gasteiger partial charge in [0.05, 0.1) is 24.4 Å². The molecule has 7 nitrogen and oxygen atoms in total.